The van der Waals surface area contributed by atoms with Crippen molar-refractivity contribution in [2.45, 2.75) is 32.3 Å². The molecule has 1 fully saturated rings. The van der Waals surface area contributed by atoms with Crippen molar-refractivity contribution < 1.29 is 14.7 Å². The van der Waals surface area contributed by atoms with Gasteiger partial charge in [0.25, 0.3) is 11.0 Å². The van der Waals surface area contributed by atoms with Crippen LogP contribution in [0.2, 0.25) is 0 Å². The molecule has 0 atom stereocenters. The Morgan fingerprint density at radius 2 is 1.77 bits per heavy atom. The van der Waals surface area contributed by atoms with Gasteiger partial charge in [-0.15, -0.1) is 10.1 Å². The smallest absolute Gasteiger partial charge is 0.294 e. The third-order valence-corrected chi connectivity index (χ3v) is 5.56. The van der Waals surface area contributed by atoms with Crippen molar-refractivity contribution in [1.82, 2.24) is 10.2 Å². The number of hydrogen-bond acceptors (Lipinski definition) is 5. The second-order valence-electron chi connectivity index (χ2n) is 7.78. The summed E-state index contributed by atoms with van der Waals surface area (Å²) in [7, 11) is 0. The molecule has 1 N–H and O–H groups in total. The minimum Gasteiger partial charge on any atom is -0.352 e. The fraction of sp³-hybridized carbons (Fsp3) is 0.435. The molecule has 160 valence electrons. The van der Waals surface area contributed by atoms with E-state index in [1.54, 1.807) is 24.3 Å². The first-order chi connectivity index (χ1) is 14.6. The van der Waals surface area contributed by atoms with E-state index in [9.17, 15) is 14.9 Å². The summed E-state index contributed by atoms with van der Waals surface area (Å²) in [6.45, 7) is 3.76. The molecule has 0 unspecified atom stereocenters. The zero-order valence-electron chi connectivity index (χ0n) is 17.2. The van der Waals surface area contributed by atoms with Gasteiger partial charge >= 0.3 is 0 Å². The number of likely N-dealkylation sites (tertiary alicyclic amines) is 1. The summed E-state index contributed by atoms with van der Waals surface area (Å²) >= 11 is 0. The second-order valence-corrected chi connectivity index (χ2v) is 7.78. The fourth-order valence-corrected chi connectivity index (χ4v) is 3.85. The molecule has 0 radical (unpaired) electrons. The molecule has 7 heteroatoms. The maximum atomic E-state index is 12.2. The molecule has 1 saturated heterocycles. The molecular formula is C23H29N3O4. The molecule has 0 saturated carbocycles. The van der Waals surface area contributed by atoms with Gasteiger partial charge in [0.2, 0.25) is 0 Å². The van der Waals surface area contributed by atoms with Crippen molar-refractivity contribution >= 4 is 5.91 Å². The quantitative estimate of drug-likeness (QED) is 0.368. The minimum atomic E-state index is -0.827. The highest BCUT2D eigenvalue weighted by Crippen LogP contribution is 2.21. The predicted octanol–water partition coefficient (Wildman–Crippen LogP) is 3.47. The minimum absolute atomic E-state index is 0.114. The molecule has 1 heterocycles. The first-order valence-electron chi connectivity index (χ1n) is 10.5. The number of nitrogens with zero attached hydrogens (tertiary/aromatic N) is 2. The summed E-state index contributed by atoms with van der Waals surface area (Å²) in [6.07, 6.45) is 4.55. The highest BCUT2D eigenvalue weighted by Gasteiger charge is 2.19. The third kappa shape index (κ3) is 7.15. The average molecular weight is 412 g/mol. The number of nitrogens with one attached hydrogen (secondary N) is 1. The van der Waals surface area contributed by atoms with Gasteiger partial charge in [-0.2, -0.15) is 0 Å². The summed E-state index contributed by atoms with van der Waals surface area (Å²) in [6, 6.07) is 17.4. The Labute approximate surface area is 177 Å². The Bertz CT molecular complexity index is 803. The van der Waals surface area contributed by atoms with E-state index in [1.165, 1.54) is 24.8 Å². The van der Waals surface area contributed by atoms with Crippen LogP contribution in [-0.2, 0) is 17.9 Å². The maximum absolute atomic E-state index is 12.2. The Morgan fingerprint density at radius 3 is 2.43 bits per heavy atom. The first kappa shape index (κ1) is 21.8. The molecule has 1 aliphatic heterocycles. The topological polar surface area (TPSA) is 84.7 Å². The number of carbonyl (C=O) groups is 1. The molecule has 7 nitrogen and oxygen atoms in total. The van der Waals surface area contributed by atoms with Gasteiger partial charge < -0.3 is 15.1 Å². The van der Waals surface area contributed by atoms with Crippen molar-refractivity contribution in [3.8, 4) is 0 Å². The van der Waals surface area contributed by atoms with Gasteiger partial charge in [0, 0.05) is 12.1 Å². The van der Waals surface area contributed by atoms with Crippen molar-refractivity contribution in [1.29, 1.82) is 0 Å². The van der Waals surface area contributed by atoms with Crippen molar-refractivity contribution in [2.75, 3.05) is 26.2 Å². The van der Waals surface area contributed by atoms with Crippen LogP contribution < -0.4 is 5.32 Å². The van der Waals surface area contributed by atoms with Crippen LogP contribution in [0.1, 0.15) is 40.7 Å². The summed E-state index contributed by atoms with van der Waals surface area (Å²) in [5.41, 5.74) is 2.62. The average Bonchev–Trinajstić information content (AvgIpc) is 2.77. The highest BCUT2D eigenvalue weighted by molar-refractivity contribution is 5.94. The number of hydrogen-bond donors (Lipinski definition) is 1. The van der Waals surface area contributed by atoms with Crippen LogP contribution >= 0.6 is 0 Å². The summed E-state index contributed by atoms with van der Waals surface area (Å²) in [5.74, 6) is 0.639. The SMILES string of the molecule is O=C(NCCCN1CCC(Cc2ccccc2)CC1)c1ccc(CO[N+](=O)[O-])cc1. The lowest BCUT2D eigenvalue weighted by molar-refractivity contribution is -0.763. The number of piperidine rings is 1. The lowest BCUT2D eigenvalue weighted by Crippen LogP contribution is -2.36. The normalized spacial score (nSPS) is 14.9. The number of benzene rings is 2. The molecule has 0 aliphatic carbocycles. The standard InChI is InChI=1S/C23H29N3O4/c27-23(22-9-7-21(8-10-22)18-30-26(28)29)24-13-4-14-25-15-11-20(12-16-25)17-19-5-2-1-3-6-19/h1-3,5-10,20H,4,11-18H2,(H,24,27). The molecule has 2 aromatic rings. The van der Waals surface area contributed by atoms with E-state index in [2.05, 4.69) is 45.4 Å². The molecule has 0 spiro atoms. The van der Waals surface area contributed by atoms with Crippen LogP contribution in [0.25, 0.3) is 0 Å². The predicted molar refractivity (Wildman–Crippen MR) is 114 cm³/mol. The first-order valence-corrected chi connectivity index (χ1v) is 10.5. The van der Waals surface area contributed by atoms with E-state index in [0.29, 0.717) is 17.7 Å². The van der Waals surface area contributed by atoms with Gasteiger partial charge in [-0.25, -0.2) is 0 Å². The van der Waals surface area contributed by atoms with E-state index < -0.39 is 5.09 Å². The second kappa shape index (κ2) is 11.3. The van der Waals surface area contributed by atoms with E-state index in [4.69, 9.17) is 0 Å². The lowest BCUT2D eigenvalue weighted by Gasteiger charge is -2.32. The Kier molecular flexibility index (Phi) is 8.20. The summed E-state index contributed by atoms with van der Waals surface area (Å²) in [4.78, 5) is 29.2. The van der Waals surface area contributed by atoms with E-state index in [-0.39, 0.29) is 12.5 Å². The van der Waals surface area contributed by atoms with E-state index in [0.717, 1.165) is 32.0 Å². The van der Waals surface area contributed by atoms with Gasteiger partial charge in [0.05, 0.1) is 0 Å². The molecule has 1 aliphatic rings. The zero-order valence-corrected chi connectivity index (χ0v) is 17.2. The van der Waals surface area contributed by atoms with Crippen LogP contribution in [0.5, 0.6) is 0 Å². The van der Waals surface area contributed by atoms with Crippen molar-refractivity contribution in [2.24, 2.45) is 5.92 Å². The molecular weight excluding hydrogens is 382 g/mol. The number of rotatable bonds is 10. The maximum Gasteiger partial charge on any atom is 0.294 e. The van der Waals surface area contributed by atoms with Crippen molar-refractivity contribution in [3.63, 3.8) is 0 Å². The van der Waals surface area contributed by atoms with Crippen molar-refractivity contribution in [3.05, 3.63) is 81.4 Å². The zero-order chi connectivity index (χ0) is 21.2. The van der Waals surface area contributed by atoms with Gasteiger partial charge in [-0.1, -0.05) is 42.5 Å². The largest absolute Gasteiger partial charge is 0.352 e. The Balaban J connectivity index is 1.29. The van der Waals surface area contributed by atoms with Gasteiger partial charge in [-0.05, 0) is 74.5 Å². The van der Waals surface area contributed by atoms with E-state index in [1.807, 2.05) is 0 Å². The molecule has 0 bridgehead atoms. The monoisotopic (exact) mass is 411 g/mol. The third-order valence-electron chi connectivity index (χ3n) is 5.56. The number of carbonyl (C=O) groups excluding carboxylic acids is 1. The molecule has 30 heavy (non-hydrogen) atoms. The molecule has 0 aromatic heterocycles. The lowest BCUT2D eigenvalue weighted by atomic mass is 9.90. The number of amides is 1. The van der Waals surface area contributed by atoms with Crippen LogP contribution in [0.3, 0.4) is 0 Å². The highest BCUT2D eigenvalue weighted by atomic mass is 16.9. The fourth-order valence-electron chi connectivity index (χ4n) is 3.85. The van der Waals surface area contributed by atoms with Gasteiger partial charge in [0.1, 0.15) is 6.61 Å². The van der Waals surface area contributed by atoms with Gasteiger partial charge in [-0.3, -0.25) is 4.79 Å². The van der Waals surface area contributed by atoms with Gasteiger partial charge in [0.15, 0.2) is 0 Å². The molecule has 1 amide bonds. The van der Waals surface area contributed by atoms with Crippen LogP contribution in [0.4, 0.5) is 0 Å². The Hall–Kier alpha value is -2.93. The Morgan fingerprint density at radius 1 is 1.07 bits per heavy atom. The van der Waals surface area contributed by atoms with Crippen LogP contribution in [0.15, 0.2) is 54.6 Å². The summed E-state index contributed by atoms with van der Waals surface area (Å²) < 4.78 is 0. The summed E-state index contributed by atoms with van der Waals surface area (Å²) in [5, 5.41) is 12.3. The van der Waals surface area contributed by atoms with Crippen LogP contribution in [-0.4, -0.2) is 42.1 Å². The molecule has 3 rings (SSSR count). The van der Waals surface area contributed by atoms with E-state index >= 15 is 0 Å². The molecule has 2 aromatic carbocycles. The van der Waals surface area contributed by atoms with Crippen LogP contribution in [0, 0.1) is 16.0 Å².